The highest BCUT2D eigenvalue weighted by Gasteiger charge is 2.32. The van der Waals surface area contributed by atoms with E-state index >= 15 is 0 Å². The van der Waals surface area contributed by atoms with Gasteiger partial charge in [-0.25, -0.2) is 0 Å². The van der Waals surface area contributed by atoms with Crippen molar-refractivity contribution < 1.29 is 9.84 Å². The lowest BCUT2D eigenvalue weighted by molar-refractivity contribution is 0.237. The lowest BCUT2D eigenvalue weighted by atomic mass is 9.69. The van der Waals surface area contributed by atoms with Crippen molar-refractivity contribution in [3.05, 3.63) is 95.1 Å². The molecule has 3 aromatic carbocycles. The molecule has 1 fully saturated rings. The molecule has 0 amide bonds. The predicted molar refractivity (Wildman–Crippen MR) is 125 cm³/mol. The Morgan fingerprint density at radius 2 is 1.65 bits per heavy atom. The van der Waals surface area contributed by atoms with Gasteiger partial charge < -0.3 is 9.84 Å². The number of phenolic OH excluding ortho intramolecular Hbond substituents is 1. The number of hydrogen-bond acceptors (Lipinski definition) is 3. The van der Waals surface area contributed by atoms with Gasteiger partial charge in [0, 0.05) is 12.5 Å². The third-order valence-electron chi connectivity index (χ3n) is 6.93. The van der Waals surface area contributed by atoms with E-state index in [1.807, 2.05) is 12.1 Å². The molecule has 1 aliphatic heterocycles. The standard InChI is InChI=1S/C28H31NO2/c30-24-11-15-27-23(20-24)10-14-26(21-6-2-1-3-7-21)28(27)22-8-12-25(13-9-22)31-19-18-29-16-4-5-17-29/h1-3,6-9,11-13,15,20,26,28,30H,4-5,10,14,16-19H2/t26-,28+/m0/s1. The highest BCUT2D eigenvalue weighted by molar-refractivity contribution is 5.48. The summed E-state index contributed by atoms with van der Waals surface area (Å²) in [6, 6.07) is 25.4. The molecule has 3 heteroatoms. The Hall–Kier alpha value is -2.78. The van der Waals surface area contributed by atoms with Gasteiger partial charge in [0.15, 0.2) is 0 Å². The highest BCUT2D eigenvalue weighted by Crippen LogP contribution is 2.47. The van der Waals surface area contributed by atoms with E-state index < -0.39 is 0 Å². The highest BCUT2D eigenvalue weighted by atomic mass is 16.5. The fourth-order valence-electron chi connectivity index (χ4n) is 5.35. The van der Waals surface area contributed by atoms with Crippen LogP contribution in [0.15, 0.2) is 72.8 Å². The first-order valence-corrected chi connectivity index (χ1v) is 11.6. The zero-order valence-corrected chi connectivity index (χ0v) is 18.0. The zero-order chi connectivity index (χ0) is 21.0. The summed E-state index contributed by atoms with van der Waals surface area (Å²) in [7, 11) is 0. The largest absolute Gasteiger partial charge is 0.508 e. The number of nitrogens with zero attached hydrogens (tertiary/aromatic N) is 1. The van der Waals surface area contributed by atoms with Gasteiger partial charge in [-0.1, -0.05) is 48.5 Å². The second-order valence-electron chi connectivity index (χ2n) is 8.88. The zero-order valence-electron chi connectivity index (χ0n) is 18.0. The van der Waals surface area contributed by atoms with Crippen LogP contribution in [-0.4, -0.2) is 36.2 Å². The van der Waals surface area contributed by atoms with Crippen molar-refractivity contribution in [3.8, 4) is 11.5 Å². The van der Waals surface area contributed by atoms with Crippen LogP contribution in [0.25, 0.3) is 0 Å². The summed E-state index contributed by atoms with van der Waals surface area (Å²) in [4.78, 5) is 2.48. The van der Waals surface area contributed by atoms with Crippen LogP contribution in [0.5, 0.6) is 11.5 Å². The quantitative estimate of drug-likeness (QED) is 0.560. The van der Waals surface area contributed by atoms with Crippen LogP contribution in [0.4, 0.5) is 0 Å². The third kappa shape index (κ3) is 4.47. The topological polar surface area (TPSA) is 32.7 Å². The average molecular weight is 414 g/mol. The van der Waals surface area contributed by atoms with Crippen molar-refractivity contribution >= 4 is 0 Å². The van der Waals surface area contributed by atoms with E-state index in [2.05, 4.69) is 65.6 Å². The summed E-state index contributed by atoms with van der Waals surface area (Å²) >= 11 is 0. The lowest BCUT2D eigenvalue weighted by Crippen LogP contribution is -2.25. The molecule has 3 aromatic rings. The lowest BCUT2D eigenvalue weighted by Gasteiger charge is -2.35. The van der Waals surface area contributed by atoms with E-state index in [0.717, 1.165) is 31.7 Å². The van der Waals surface area contributed by atoms with Crippen LogP contribution >= 0.6 is 0 Å². The number of ether oxygens (including phenoxy) is 1. The molecular weight excluding hydrogens is 382 g/mol. The number of fused-ring (bicyclic) bond motifs is 1. The number of aryl methyl sites for hydroxylation is 1. The molecular formula is C28H31NO2. The fraction of sp³-hybridized carbons (Fsp3) is 0.357. The van der Waals surface area contributed by atoms with E-state index in [4.69, 9.17) is 4.74 Å². The minimum Gasteiger partial charge on any atom is -0.508 e. The molecule has 3 nitrogen and oxygen atoms in total. The minimum atomic E-state index is 0.283. The molecule has 1 heterocycles. The van der Waals surface area contributed by atoms with E-state index in [-0.39, 0.29) is 5.92 Å². The van der Waals surface area contributed by atoms with Crippen LogP contribution in [0.1, 0.15) is 53.4 Å². The Morgan fingerprint density at radius 1 is 0.871 bits per heavy atom. The fourth-order valence-corrected chi connectivity index (χ4v) is 5.35. The Labute approximate surface area is 185 Å². The summed E-state index contributed by atoms with van der Waals surface area (Å²) in [5.41, 5.74) is 5.30. The first kappa shape index (κ1) is 20.1. The number of rotatable bonds is 6. The molecule has 0 bridgehead atoms. The van der Waals surface area contributed by atoms with Gasteiger partial charge in [0.1, 0.15) is 18.1 Å². The van der Waals surface area contributed by atoms with E-state index in [1.54, 1.807) is 0 Å². The SMILES string of the molecule is Oc1ccc2c(c1)CC[C@@H](c1ccccc1)[C@H]2c1ccc(OCCN2CCCC2)cc1. The smallest absolute Gasteiger partial charge is 0.119 e. The van der Waals surface area contributed by atoms with Crippen molar-refractivity contribution in [1.82, 2.24) is 4.90 Å². The Morgan fingerprint density at radius 3 is 2.42 bits per heavy atom. The Kier molecular flexibility index (Phi) is 5.95. The van der Waals surface area contributed by atoms with Gasteiger partial charge in [0.2, 0.25) is 0 Å². The van der Waals surface area contributed by atoms with Crippen molar-refractivity contribution in [2.24, 2.45) is 0 Å². The summed E-state index contributed by atoms with van der Waals surface area (Å²) in [5.74, 6) is 2.02. The van der Waals surface area contributed by atoms with Gasteiger partial charge >= 0.3 is 0 Å². The molecule has 0 spiro atoms. The molecule has 0 unspecified atom stereocenters. The van der Waals surface area contributed by atoms with Gasteiger partial charge in [-0.2, -0.15) is 0 Å². The van der Waals surface area contributed by atoms with Crippen molar-refractivity contribution in [1.29, 1.82) is 0 Å². The number of hydrogen-bond donors (Lipinski definition) is 1. The second kappa shape index (κ2) is 9.15. The first-order chi connectivity index (χ1) is 15.3. The van der Waals surface area contributed by atoms with E-state index in [9.17, 15) is 5.11 Å². The summed E-state index contributed by atoms with van der Waals surface area (Å²) in [6.07, 6.45) is 4.71. The molecule has 1 aliphatic carbocycles. The van der Waals surface area contributed by atoms with Crippen LogP contribution in [0.2, 0.25) is 0 Å². The normalized spacial score (nSPS) is 21.0. The molecule has 0 aromatic heterocycles. The molecule has 0 saturated carbocycles. The molecule has 1 saturated heterocycles. The number of aromatic hydroxyl groups is 1. The molecule has 5 rings (SSSR count). The minimum absolute atomic E-state index is 0.283. The molecule has 2 atom stereocenters. The number of phenols is 1. The number of benzene rings is 3. The summed E-state index contributed by atoms with van der Waals surface area (Å²) < 4.78 is 6.03. The molecule has 0 radical (unpaired) electrons. The predicted octanol–water partition coefficient (Wildman–Crippen LogP) is 5.73. The number of likely N-dealkylation sites (tertiary alicyclic amines) is 1. The van der Waals surface area contributed by atoms with Crippen LogP contribution < -0.4 is 4.74 Å². The van der Waals surface area contributed by atoms with Crippen molar-refractivity contribution in [2.75, 3.05) is 26.2 Å². The maximum Gasteiger partial charge on any atom is 0.119 e. The molecule has 160 valence electrons. The van der Waals surface area contributed by atoms with Crippen molar-refractivity contribution in [2.45, 2.75) is 37.5 Å². The molecule has 1 N–H and O–H groups in total. The van der Waals surface area contributed by atoms with Crippen LogP contribution in [-0.2, 0) is 6.42 Å². The van der Waals surface area contributed by atoms with E-state index in [1.165, 1.54) is 48.2 Å². The average Bonchev–Trinajstić information content (AvgIpc) is 3.33. The Balaban J connectivity index is 1.38. The Bertz CT molecular complexity index is 993. The maximum atomic E-state index is 10.0. The van der Waals surface area contributed by atoms with Crippen molar-refractivity contribution in [3.63, 3.8) is 0 Å². The van der Waals surface area contributed by atoms with Crippen LogP contribution in [0.3, 0.4) is 0 Å². The molecule has 2 aliphatic rings. The second-order valence-corrected chi connectivity index (χ2v) is 8.88. The van der Waals surface area contributed by atoms with Gasteiger partial charge in [0.05, 0.1) is 0 Å². The van der Waals surface area contributed by atoms with Crippen LogP contribution in [0, 0.1) is 0 Å². The van der Waals surface area contributed by atoms with E-state index in [0.29, 0.717) is 11.7 Å². The van der Waals surface area contributed by atoms with Gasteiger partial charge in [-0.3, -0.25) is 4.90 Å². The molecule has 31 heavy (non-hydrogen) atoms. The first-order valence-electron chi connectivity index (χ1n) is 11.6. The summed E-state index contributed by atoms with van der Waals surface area (Å²) in [6.45, 7) is 4.18. The van der Waals surface area contributed by atoms with Gasteiger partial charge in [-0.15, -0.1) is 0 Å². The van der Waals surface area contributed by atoms with Gasteiger partial charge in [-0.05, 0) is 91.2 Å². The summed E-state index contributed by atoms with van der Waals surface area (Å²) in [5, 5.41) is 10.0. The van der Waals surface area contributed by atoms with Gasteiger partial charge in [0.25, 0.3) is 0 Å². The monoisotopic (exact) mass is 413 g/mol. The maximum absolute atomic E-state index is 10.0. The third-order valence-corrected chi connectivity index (χ3v) is 6.93.